The number of para-hydroxylation sites is 3. The van der Waals surface area contributed by atoms with E-state index in [1.54, 1.807) is 0 Å². The predicted molar refractivity (Wildman–Crippen MR) is 251 cm³/mol. The molecule has 0 fully saturated rings. The van der Waals surface area contributed by atoms with Gasteiger partial charge in [0.15, 0.2) is 0 Å². The summed E-state index contributed by atoms with van der Waals surface area (Å²) in [5, 5.41) is 9.13. The van der Waals surface area contributed by atoms with E-state index in [1.807, 2.05) is 22.7 Å². The topological polar surface area (TPSA) is 9.86 Å². The van der Waals surface area contributed by atoms with Crippen molar-refractivity contribution in [2.24, 2.45) is 0 Å². The maximum atomic E-state index is 2.51. The van der Waals surface area contributed by atoms with Crippen molar-refractivity contribution < 1.29 is 0 Å². The molecule has 0 spiro atoms. The number of hydrogen-bond acceptors (Lipinski definition) is 2. The highest BCUT2D eigenvalue weighted by Gasteiger charge is 2.25. The average Bonchev–Trinajstić information content (AvgIpc) is 4.04. The molecule has 1 aliphatic carbocycles. The molecule has 0 saturated heterocycles. The molecule has 0 unspecified atom stereocenters. The van der Waals surface area contributed by atoms with Crippen LogP contribution in [0.1, 0.15) is 22.4 Å². The molecular formula is C54H34N2S2. The summed E-state index contributed by atoms with van der Waals surface area (Å²) in [6.45, 7) is 0. The number of allylic oxidation sites excluding steroid dienone is 1. The van der Waals surface area contributed by atoms with Crippen molar-refractivity contribution in [1.82, 2.24) is 9.13 Å². The molecule has 0 atom stereocenters. The minimum atomic E-state index is 1.05. The fourth-order valence-corrected chi connectivity index (χ4v) is 12.4. The highest BCUT2D eigenvalue weighted by molar-refractivity contribution is 7.26. The molecule has 0 radical (unpaired) electrons. The Balaban J connectivity index is 1.06. The molecule has 58 heavy (non-hydrogen) atoms. The van der Waals surface area contributed by atoms with Gasteiger partial charge in [0, 0.05) is 68.2 Å². The van der Waals surface area contributed by atoms with Gasteiger partial charge in [0.05, 0.1) is 22.1 Å². The van der Waals surface area contributed by atoms with E-state index in [0.29, 0.717) is 0 Å². The number of rotatable bonds is 4. The molecule has 0 N–H and O–H groups in total. The summed E-state index contributed by atoms with van der Waals surface area (Å²) in [7, 11) is 0. The van der Waals surface area contributed by atoms with Crippen LogP contribution in [0.5, 0.6) is 0 Å². The Labute approximate surface area is 342 Å². The van der Waals surface area contributed by atoms with Gasteiger partial charge in [0.25, 0.3) is 0 Å². The first-order chi connectivity index (χ1) is 28.8. The maximum Gasteiger partial charge on any atom is 0.0547 e. The van der Waals surface area contributed by atoms with E-state index in [9.17, 15) is 0 Å². The van der Waals surface area contributed by atoms with Crippen LogP contribution < -0.4 is 0 Å². The van der Waals surface area contributed by atoms with Gasteiger partial charge in [-0.1, -0.05) is 115 Å². The largest absolute Gasteiger partial charge is 0.309 e. The summed E-state index contributed by atoms with van der Waals surface area (Å²) in [5.74, 6) is 0. The van der Waals surface area contributed by atoms with Crippen molar-refractivity contribution in [2.75, 3.05) is 0 Å². The normalized spacial score (nSPS) is 13.1. The van der Waals surface area contributed by atoms with Gasteiger partial charge < -0.3 is 9.13 Å². The van der Waals surface area contributed by atoms with E-state index in [4.69, 9.17) is 0 Å². The van der Waals surface area contributed by atoms with Crippen LogP contribution in [-0.4, -0.2) is 9.13 Å². The molecule has 1 aliphatic rings. The predicted octanol–water partition coefficient (Wildman–Crippen LogP) is 15.5. The fraction of sp³-hybridized carbons (Fsp3) is 0.0370. The standard InChI is InChI=1S/C54H34N2S2/c1-2-14-34(15-3-1)55-47-24-9-5-19-42(47)52-36(20-13-25-49(52)55)33-28-29-48-43(30-33)37-16-4-8-23-46(37)56(48)35-31-44-39-18-7-11-27-51(39)58-54(44)45(32-35)41-22-12-21-40-38-17-6-10-26-50(38)57-53(40)41/h1-11,13-20,22-32H,12,21H2. The monoisotopic (exact) mass is 774 g/mol. The van der Waals surface area contributed by atoms with E-state index in [-0.39, 0.29) is 0 Å². The molecule has 0 bridgehead atoms. The number of thiophene rings is 2. The molecule has 4 heteroatoms. The third kappa shape index (κ3) is 4.59. The van der Waals surface area contributed by atoms with Crippen LogP contribution in [0.25, 0.3) is 102 Å². The van der Waals surface area contributed by atoms with Crippen molar-refractivity contribution in [3.05, 3.63) is 198 Å². The van der Waals surface area contributed by atoms with Gasteiger partial charge in [-0.15, -0.1) is 22.7 Å². The van der Waals surface area contributed by atoms with E-state index in [2.05, 4.69) is 191 Å². The molecule has 4 aromatic heterocycles. The van der Waals surface area contributed by atoms with Crippen molar-refractivity contribution >= 4 is 102 Å². The SMILES string of the molecule is C1=C(c2cc(-n3c4ccccc4c4cc(-c5cccc6c5c5ccccc5n6-c5ccccc5)ccc43)cc3c2sc2ccccc23)c2sc3ccccc3c2CC1. The van der Waals surface area contributed by atoms with E-state index in [1.165, 1.54) is 118 Å². The number of hydrogen-bond donors (Lipinski definition) is 0. The first-order valence-corrected chi connectivity index (χ1v) is 21.7. The van der Waals surface area contributed by atoms with Crippen LogP contribution in [0.3, 0.4) is 0 Å². The first kappa shape index (κ1) is 32.4. The first-order valence-electron chi connectivity index (χ1n) is 20.1. The smallest absolute Gasteiger partial charge is 0.0547 e. The lowest BCUT2D eigenvalue weighted by molar-refractivity contribution is 0.998. The number of aromatic nitrogens is 2. The Morgan fingerprint density at radius 2 is 1.07 bits per heavy atom. The molecular weight excluding hydrogens is 741 g/mol. The van der Waals surface area contributed by atoms with Crippen LogP contribution in [0, 0.1) is 0 Å². The van der Waals surface area contributed by atoms with Crippen molar-refractivity contribution in [3.8, 4) is 22.5 Å². The number of nitrogens with zero attached hydrogens (tertiary/aromatic N) is 2. The summed E-state index contributed by atoms with van der Waals surface area (Å²) in [6, 6.07) is 65.3. The van der Waals surface area contributed by atoms with Gasteiger partial charge in [-0.2, -0.15) is 0 Å². The molecule has 272 valence electrons. The van der Waals surface area contributed by atoms with Gasteiger partial charge in [-0.05, 0) is 107 Å². The van der Waals surface area contributed by atoms with Crippen LogP contribution in [-0.2, 0) is 6.42 Å². The zero-order chi connectivity index (χ0) is 37.9. The van der Waals surface area contributed by atoms with E-state index < -0.39 is 0 Å². The van der Waals surface area contributed by atoms with Gasteiger partial charge in [-0.25, -0.2) is 0 Å². The quantitative estimate of drug-likeness (QED) is 0.169. The minimum absolute atomic E-state index is 1.05. The molecule has 4 heterocycles. The van der Waals surface area contributed by atoms with E-state index >= 15 is 0 Å². The second-order valence-electron chi connectivity index (χ2n) is 15.5. The number of aryl methyl sites for hydroxylation is 1. The second kappa shape index (κ2) is 12.4. The van der Waals surface area contributed by atoms with Crippen molar-refractivity contribution in [2.45, 2.75) is 12.8 Å². The lowest BCUT2D eigenvalue weighted by Gasteiger charge is -2.18. The minimum Gasteiger partial charge on any atom is -0.309 e. The van der Waals surface area contributed by atoms with Crippen molar-refractivity contribution in [3.63, 3.8) is 0 Å². The average molecular weight is 775 g/mol. The lowest BCUT2D eigenvalue weighted by Crippen LogP contribution is -2.00. The third-order valence-electron chi connectivity index (χ3n) is 12.4. The zero-order valence-electron chi connectivity index (χ0n) is 31.4. The third-order valence-corrected chi connectivity index (χ3v) is 14.9. The highest BCUT2D eigenvalue weighted by atomic mass is 32.1. The Morgan fingerprint density at radius 3 is 1.91 bits per heavy atom. The van der Waals surface area contributed by atoms with Gasteiger partial charge in [-0.3, -0.25) is 0 Å². The molecule has 0 amide bonds. The molecule has 0 aliphatic heterocycles. The van der Waals surface area contributed by atoms with Crippen LogP contribution >= 0.6 is 22.7 Å². The Bertz CT molecular complexity index is 3680. The summed E-state index contributed by atoms with van der Waals surface area (Å²) < 4.78 is 9.00. The molecule has 0 saturated carbocycles. The zero-order valence-corrected chi connectivity index (χ0v) is 33.1. The van der Waals surface area contributed by atoms with Crippen molar-refractivity contribution in [1.29, 1.82) is 0 Å². The molecule has 12 aromatic rings. The summed E-state index contributed by atoms with van der Waals surface area (Å²) in [4.78, 5) is 1.43. The second-order valence-corrected chi connectivity index (χ2v) is 17.6. The number of fused-ring (bicyclic) bond motifs is 12. The Kier molecular flexibility index (Phi) is 6.91. The lowest BCUT2D eigenvalue weighted by atomic mass is 9.91. The fourth-order valence-electron chi connectivity index (χ4n) is 9.93. The molecule has 8 aromatic carbocycles. The van der Waals surface area contributed by atoms with Crippen LogP contribution in [0.15, 0.2) is 182 Å². The maximum absolute atomic E-state index is 2.51. The Hall–Kier alpha value is -6.72. The Morgan fingerprint density at radius 1 is 0.414 bits per heavy atom. The van der Waals surface area contributed by atoms with E-state index in [0.717, 1.165) is 12.8 Å². The van der Waals surface area contributed by atoms with Gasteiger partial charge in [0.2, 0.25) is 0 Å². The summed E-state index contributed by atoms with van der Waals surface area (Å²) >= 11 is 3.89. The van der Waals surface area contributed by atoms with Gasteiger partial charge in [0.1, 0.15) is 0 Å². The molecule has 13 rings (SSSR count). The van der Waals surface area contributed by atoms with Crippen LogP contribution in [0.4, 0.5) is 0 Å². The summed E-state index contributed by atoms with van der Waals surface area (Å²) in [5.41, 5.74) is 13.9. The number of benzene rings is 8. The summed E-state index contributed by atoms with van der Waals surface area (Å²) in [6.07, 6.45) is 4.65. The van der Waals surface area contributed by atoms with Gasteiger partial charge >= 0.3 is 0 Å². The van der Waals surface area contributed by atoms with Crippen LogP contribution in [0.2, 0.25) is 0 Å². The highest BCUT2D eigenvalue weighted by Crippen LogP contribution is 2.48. The molecule has 2 nitrogen and oxygen atoms in total.